The molecule has 1 saturated heterocycles. The van der Waals surface area contributed by atoms with Gasteiger partial charge in [0.2, 0.25) is 5.88 Å². The van der Waals surface area contributed by atoms with Crippen molar-refractivity contribution >= 4 is 34.9 Å². The minimum atomic E-state index is -0.296. The first-order chi connectivity index (χ1) is 14.0. The smallest absolute Gasteiger partial charge is 0.319 e. The maximum absolute atomic E-state index is 12.4. The van der Waals surface area contributed by atoms with E-state index in [0.29, 0.717) is 36.2 Å². The lowest BCUT2D eigenvalue weighted by molar-refractivity contribution is -0.133. The molecule has 1 aromatic heterocycles. The maximum Gasteiger partial charge on any atom is 0.319 e. The number of piperazine rings is 1. The Kier molecular flexibility index (Phi) is 7.13. The number of ether oxygens (including phenoxy) is 1. The zero-order chi connectivity index (χ0) is 20.6. The zero-order valence-electron chi connectivity index (χ0n) is 16.2. The predicted molar refractivity (Wildman–Crippen MR) is 113 cm³/mol. The number of aromatic nitrogens is 1. The Morgan fingerprint density at radius 1 is 1.17 bits per heavy atom. The summed E-state index contributed by atoms with van der Waals surface area (Å²) in [4.78, 5) is 32.0. The largest absolute Gasteiger partial charge is 0.468 e. The Bertz CT molecular complexity index is 838. The molecule has 0 bridgehead atoms. The normalized spacial score (nSPS) is 13.7. The van der Waals surface area contributed by atoms with E-state index in [4.69, 9.17) is 16.3 Å². The number of rotatable bonds is 6. The molecule has 0 unspecified atom stereocenters. The van der Waals surface area contributed by atoms with Crippen LogP contribution in [0.5, 0.6) is 5.88 Å². The van der Waals surface area contributed by atoms with Gasteiger partial charge in [-0.25, -0.2) is 9.78 Å². The number of hydrogen-bond donors (Lipinski definition) is 2. The molecular weight excluding hydrogens is 394 g/mol. The van der Waals surface area contributed by atoms with E-state index in [9.17, 15) is 9.59 Å². The molecule has 0 atom stereocenters. The molecular formula is C20H24ClN5O3. The number of benzene rings is 1. The van der Waals surface area contributed by atoms with Gasteiger partial charge >= 0.3 is 6.03 Å². The van der Waals surface area contributed by atoms with Gasteiger partial charge in [-0.2, -0.15) is 0 Å². The summed E-state index contributed by atoms with van der Waals surface area (Å²) in [5, 5.41) is 5.99. The summed E-state index contributed by atoms with van der Waals surface area (Å²) in [6, 6.07) is 10.7. The van der Waals surface area contributed by atoms with E-state index in [1.54, 1.807) is 17.0 Å². The molecule has 0 radical (unpaired) electrons. The van der Waals surface area contributed by atoms with Crippen molar-refractivity contribution in [3.63, 3.8) is 0 Å². The molecule has 29 heavy (non-hydrogen) atoms. The van der Waals surface area contributed by atoms with Crippen LogP contribution in [0.15, 0.2) is 42.6 Å². The first-order valence-electron chi connectivity index (χ1n) is 9.47. The highest BCUT2D eigenvalue weighted by atomic mass is 35.5. The molecule has 1 aliphatic heterocycles. The number of carbonyl (C=O) groups is 2. The van der Waals surface area contributed by atoms with Crippen LogP contribution in [-0.4, -0.2) is 61.2 Å². The summed E-state index contributed by atoms with van der Waals surface area (Å²) >= 11 is 6.05. The summed E-state index contributed by atoms with van der Waals surface area (Å²) < 4.78 is 5.49. The molecule has 1 aliphatic rings. The van der Waals surface area contributed by atoms with Crippen LogP contribution in [0.4, 0.5) is 16.2 Å². The van der Waals surface area contributed by atoms with Crippen LogP contribution >= 0.6 is 11.6 Å². The molecule has 2 aromatic rings. The minimum Gasteiger partial charge on any atom is -0.468 e. The van der Waals surface area contributed by atoms with Crippen LogP contribution in [0.1, 0.15) is 6.92 Å². The standard InChI is InChI=1S/C20H24ClN5O3/c1-2-22-20(28)24-16-6-7-18(23-13-16)29-14-19(27)26-10-8-25(9-11-26)17-5-3-4-15(21)12-17/h3-7,12-13H,2,8-11,14H2,1H3,(H2,22,24,28). The molecule has 1 fully saturated rings. The highest BCUT2D eigenvalue weighted by molar-refractivity contribution is 6.30. The number of amides is 3. The zero-order valence-corrected chi connectivity index (χ0v) is 17.0. The van der Waals surface area contributed by atoms with Gasteiger partial charge in [0.25, 0.3) is 5.91 Å². The van der Waals surface area contributed by atoms with Crippen molar-refractivity contribution < 1.29 is 14.3 Å². The van der Waals surface area contributed by atoms with Gasteiger partial charge in [-0.1, -0.05) is 17.7 Å². The molecule has 9 heteroatoms. The lowest BCUT2D eigenvalue weighted by Gasteiger charge is -2.36. The molecule has 2 N–H and O–H groups in total. The Hall–Kier alpha value is -3.00. The SMILES string of the molecule is CCNC(=O)Nc1ccc(OCC(=O)N2CCN(c3cccc(Cl)c3)CC2)nc1. The molecule has 1 aromatic carbocycles. The van der Waals surface area contributed by atoms with E-state index in [1.807, 2.05) is 31.2 Å². The van der Waals surface area contributed by atoms with E-state index in [1.165, 1.54) is 6.20 Å². The second kappa shape index (κ2) is 9.97. The summed E-state index contributed by atoms with van der Waals surface area (Å²) in [6.45, 7) is 5.02. The fraction of sp³-hybridized carbons (Fsp3) is 0.350. The Morgan fingerprint density at radius 2 is 1.97 bits per heavy atom. The van der Waals surface area contributed by atoms with E-state index in [2.05, 4.69) is 20.5 Å². The third kappa shape index (κ3) is 5.99. The first kappa shape index (κ1) is 20.7. The molecule has 3 rings (SSSR count). The third-order valence-electron chi connectivity index (χ3n) is 4.48. The summed E-state index contributed by atoms with van der Waals surface area (Å²) in [7, 11) is 0. The number of carbonyl (C=O) groups excluding carboxylic acids is 2. The Morgan fingerprint density at radius 3 is 2.62 bits per heavy atom. The quantitative estimate of drug-likeness (QED) is 0.754. The van der Waals surface area contributed by atoms with Crippen molar-refractivity contribution in [2.24, 2.45) is 0 Å². The first-order valence-corrected chi connectivity index (χ1v) is 9.85. The molecule has 0 saturated carbocycles. The van der Waals surface area contributed by atoms with Gasteiger partial charge in [0.05, 0.1) is 11.9 Å². The molecule has 0 aliphatic carbocycles. The number of anilines is 2. The van der Waals surface area contributed by atoms with E-state index < -0.39 is 0 Å². The van der Waals surface area contributed by atoms with E-state index >= 15 is 0 Å². The summed E-state index contributed by atoms with van der Waals surface area (Å²) in [5.41, 5.74) is 1.61. The average molecular weight is 418 g/mol. The highest BCUT2D eigenvalue weighted by Crippen LogP contribution is 2.21. The lowest BCUT2D eigenvalue weighted by Crippen LogP contribution is -2.50. The van der Waals surface area contributed by atoms with Gasteiger partial charge in [-0.3, -0.25) is 4.79 Å². The molecule has 0 spiro atoms. The molecule has 8 nitrogen and oxygen atoms in total. The van der Waals surface area contributed by atoms with Crippen molar-refractivity contribution in [2.75, 3.05) is 49.5 Å². The number of pyridine rings is 1. The van der Waals surface area contributed by atoms with Crippen LogP contribution in [0.3, 0.4) is 0 Å². The molecule has 3 amide bonds. The van der Waals surface area contributed by atoms with Crippen LogP contribution in [0.2, 0.25) is 5.02 Å². The fourth-order valence-corrected chi connectivity index (χ4v) is 3.17. The van der Waals surface area contributed by atoms with Crippen molar-refractivity contribution in [2.45, 2.75) is 6.92 Å². The van der Waals surface area contributed by atoms with Crippen molar-refractivity contribution in [1.29, 1.82) is 0 Å². The third-order valence-corrected chi connectivity index (χ3v) is 4.72. The Labute approximate surface area is 174 Å². The molecule has 154 valence electrons. The van der Waals surface area contributed by atoms with Crippen LogP contribution in [-0.2, 0) is 4.79 Å². The topological polar surface area (TPSA) is 86.8 Å². The second-order valence-corrected chi connectivity index (χ2v) is 6.94. The van der Waals surface area contributed by atoms with Gasteiger partial charge in [-0.05, 0) is 31.2 Å². The van der Waals surface area contributed by atoms with Crippen molar-refractivity contribution in [3.05, 3.63) is 47.6 Å². The number of hydrogen-bond acceptors (Lipinski definition) is 5. The van der Waals surface area contributed by atoms with Gasteiger partial charge in [-0.15, -0.1) is 0 Å². The fourth-order valence-electron chi connectivity index (χ4n) is 2.99. The van der Waals surface area contributed by atoms with Gasteiger partial charge in [0, 0.05) is 49.5 Å². The van der Waals surface area contributed by atoms with Crippen molar-refractivity contribution in [1.82, 2.24) is 15.2 Å². The van der Waals surface area contributed by atoms with E-state index in [-0.39, 0.29) is 18.5 Å². The summed E-state index contributed by atoms with van der Waals surface area (Å²) in [6.07, 6.45) is 1.48. The lowest BCUT2D eigenvalue weighted by atomic mass is 10.2. The van der Waals surface area contributed by atoms with Crippen LogP contribution < -0.4 is 20.3 Å². The summed E-state index contributed by atoms with van der Waals surface area (Å²) in [5.74, 6) is 0.249. The average Bonchev–Trinajstić information content (AvgIpc) is 2.73. The van der Waals surface area contributed by atoms with Crippen molar-refractivity contribution in [3.8, 4) is 5.88 Å². The van der Waals surface area contributed by atoms with Crippen LogP contribution in [0.25, 0.3) is 0 Å². The van der Waals surface area contributed by atoms with Gasteiger partial charge in [0.15, 0.2) is 6.61 Å². The number of halogens is 1. The second-order valence-electron chi connectivity index (χ2n) is 6.51. The molecule has 2 heterocycles. The van der Waals surface area contributed by atoms with Crippen LogP contribution in [0, 0.1) is 0 Å². The minimum absolute atomic E-state index is 0.0761. The number of nitrogens with zero attached hydrogens (tertiary/aromatic N) is 3. The maximum atomic E-state index is 12.4. The number of urea groups is 1. The number of nitrogens with one attached hydrogen (secondary N) is 2. The highest BCUT2D eigenvalue weighted by Gasteiger charge is 2.21. The predicted octanol–water partition coefficient (Wildman–Crippen LogP) is 2.60. The van der Waals surface area contributed by atoms with E-state index in [0.717, 1.165) is 18.8 Å². The Balaban J connectivity index is 1.43. The van der Waals surface area contributed by atoms with Gasteiger partial charge < -0.3 is 25.2 Å². The monoisotopic (exact) mass is 417 g/mol. The van der Waals surface area contributed by atoms with Gasteiger partial charge in [0.1, 0.15) is 0 Å².